The molecule has 6 heteroatoms. The monoisotopic (exact) mass is 287 g/mol. The third kappa shape index (κ3) is 5.44. The summed E-state index contributed by atoms with van der Waals surface area (Å²) in [6, 6.07) is 4.68. The summed E-state index contributed by atoms with van der Waals surface area (Å²) in [5.41, 5.74) is -0.479. The van der Waals surface area contributed by atoms with Crippen LogP contribution < -0.4 is 5.32 Å². The lowest BCUT2D eigenvalue weighted by Crippen LogP contribution is -2.30. The van der Waals surface area contributed by atoms with Crippen LogP contribution in [0.4, 0.5) is 13.2 Å². The molecule has 1 aromatic rings. The summed E-state index contributed by atoms with van der Waals surface area (Å²) in [4.78, 5) is 11.4. The van der Waals surface area contributed by atoms with E-state index in [9.17, 15) is 23.1 Å². The summed E-state index contributed by atoms with van der Waals surface area (Å²) in [5, 5.41) is 11.7. The van der Waals surface area contributed by atoms with Crippen molar-refractivity contribution in [3.63, 3.8) is 0 Å². The molecular formula is C14H16F3NO2. The summed E-state index contributed by atoms with van der Waals surface area (Å²) in [6.45, 7) is 1.89. The molecule has 0 aliphatic carbocycles. The number of nitrogens with one attached hydrogen (secondary N) is 1. The second-order valence-electron chi connectivity index (χ2n) is 4.26. The molecule has 0 aliphatic heterocycles. The number of benzene rings is 1. The maximum atomic E-state index is 12.5. The largest absolute Gasteiger partial charge is 0.416 e. The van der Waals surface area contributed by atoms with Crippen molar-refractivity contribution in [2.45, 2.75) is 25.6 Å². The molecule has 0 bridgehead atoms. The number of halogens is 3. The van der Waals surface area contributed by atoms with Crippen LogP contribution in [0.25, 0.3) is 6.08 Å². The van der Waals surface area contributed by atoms with Gasteiger partial charge in [-0.2, -0.15) is 13.2 Å². The minimum Gasteiger partial charge on any atom is -0.391 e. The first kappa shape index (κ1) is 16.2. The second kappa shape index (κ2) is 7.09. The van der Waals surface area contributed by atoms with Gasteiger partial charge in [-0.1, -0.05) is 19.1 Å². The number of amides is 1. The van der Waals surface area contributed by atoms with E-state index in [1.54, 1.807) is 6.92 Å². The molecule has 0 fully saturated rings. The van der Waals surface area contributed by atoms with Crippen molar-refractivity contribution in [2.75, 3.05) is 6.54 Å². The molecule has 0 heterocycles. The van der Waals surface area contributed by atoms with Gasteiger partial charge in [-0.05, 0) is 30.2 Å². The molecule has 0 radical (unpaired) electrons. The topological polar surface area (TPSA) is 49.3 Å². The maximum absolute atomic E-state index is 12.5. The van der Waals surface area contributed by atoms with Crippen molar-refractivity contribution in [3.8, 4) is 0 Å². The van der Waals surface area contributed by atoms with E-state index in [4.69, 9.17) is 0 Å². The normalized spacial score (nSPS) is 13.4. The van der Waals surface area contributed by atoms with Gasteiger partial charge in [-0.25, -0.2) is 0 Å². The van der Waals surface area contributed by atoms with E-state index in [1.165, 1.54) is 18.2 Å². The maximum Gasteiger partial charge on any atom is 0.416 e. The van der Waals surface area contributed by atoms with Gasteiger partial charge in [0.15, 0.2) is 0 Å². The highest BCUT2D eigenvalue weighted by molar-refractivity contribution is 5.91. The third-order valence-electron chi connectivity index (χ3n) is 2.62. The van der Waals surface area contributed by atoms with Crippen molar-refractivity contribution in [1.82, 2.24) is 5.32 Å². The van der Waals surface area contributed by atoms with Crippen molar-refractivity contribution >= 4 is 12.0 Å². The number of hydrogen-bond acceptors (Lipinski definition) is 2. The Balaban J connectivity index is 2.64. The van der Waals surface area contributed by atoms with Crippen LogP contribution in [0.15, 0.2) is 30.3 Å². The number of rotatable bonds is 5. The summed E-state index contributed by atoms with van der Waals surface area (Å²) < 4.78 is 37.5. The molecule has 1 atom stereocenters. The molecule has 1 amide bonds. The Hall–Kier alpha value is -1.82. The van der Waals surface area contributed by atoms with Gasteiger partial charge in [-0.3, -0.25) is 4.79 Å². The van der Waals surface area contributed by atoms with Gasteiger partial charge in [0.25, 0.3) is 0 Å². The number of aliphatic hydroxyl groups is 1. The van der Waals surface area contributed by atoms with E-state index in [-0.39, 0.29) is 12.1 Å². The fraction of sp³-hybridized carbons (Fsp3) is 0.357. The summed E-state index contributed by atoms with van der Waals surface area (Å²) in [6.07, 6.45) is -2.09. The van der Waals surface area contributed by atoms with E-state index in [1.807, 2.05) is 0 Å². The van der Waals surface area contributed by atoms with Crippen LogP contribution in [-0.4, -0.2) is 23.7 Å². The molecule has 0 aliphatic rings. The average Bonchev–Trinajstić information content (AvgIpc) is 2.41. The lowest BCUT2D eigenvalue weighted by molar-refractivity contribution is -0.137. The van der Waals surface area contributed by atoms with Crippen LogP contribution in [0.2, 0.25) is 0 Å². The molecular weight excluding hydrogens is 271 g/mol. The highest BCUT2D eigenvalue weighted by Crippen LogP contribution is 2.29. The zero-order valence-electron chi connectivity index (χ0n) is 10.9. The minimum absolute atomic E-state index is 0.113. The van der Waals surface area contributed by atoms with Crippen molar-refractivity contribution in [2.24, 2.45) is 0 Å². The van der Waals surface area contributed by atoms with Gasteiger partial charge < -0.3 is 10.4 Å². The smallest absolute Gasteiger partial charge is 0.391 e. The predicted octanol–water partition coefficient (Wildman–Crippen LogP) is 2.61. The van der Waals surface area contributed by atoms with E-state index >= 15 is 0 Å². The van der Waals surface area contributed by atoms with E-state index in [2.05, 4.69) is 5.32 Å². The zero-order chi connectivity index (χ0) is 15.2. The van der Waals surface area contributed by atoms with Crippen LogP contribution >= 0.6 is 0 Å². The molecule has 20 heavy (non-hydrogen) atoms. The first-order chi connectivity index (χ1) is 9.32. The first-order valence-electron chi connectivity index (χ1n) is 6.14. The van der Waals surface area contributed by atoms with Gasteiger partial charge >= 0.3 is 6.18 Å². The number of aliphatic hydroxyl groups excluding tert-OH is 1. The molecule has 3 nitrogen and oxygen atoms in total. The van der Waals surface area contributed by atoms with Crippen LogP contribution in [0.5, 0.6) is 0 Å². The molecule has 2 N–H and O–H groups in total. The Bertz CT molecular complexity index is 484. The Kier molecular flexibility index (Phi) is 5.76. The molecule has 0 spiro atoms. The van der Waals surface area contributed by atoms with Gasteiger partial charge in [0.05, 0.1) is 11.7 Å². The fourth-order valence-corrected chi connectivity index (χ4v) is 1.41. The number of hydrogen-bond donors (Lipinski definition) is 2. The predicted molar refractivity (Wildman–Crippen MR) is 69.8 cm³/mol. The Morgan fingerprint density at radius 2 is 2.15 bits per heavy atom. The van der Waals surface area contributed by atoms with Crippen molar-refractivity contribution < 1.29 is 23.1 Å². The number of alkyl halides is 3. The SMILES string of the molecule is CCC(O)CNC(=O)/C=C/c1cccc(C(F)(F)F)c1. The van der Waals surface area contributed by atoms with Crippen LogP contribution in [-0.2, 0) is 11.0 Å². The molecule has 0 saturated heterocycles. The summed E-state index contributed by atoms with van der Waals surface area (Å²) in [7, 11) is 0. The summed E-state index contributed by atoms with van der Waals surface area (Å²) >= 11 is 0. The molecule has 0 aromatic heterocycles. The fourth-order valence-electron chi connectivity index (χ4n) is 1.41. The quantitative estimate of drug-likeness (QED) is 0.818. The van der Waals surface area contributed by atoms with E-state index < -0.39 is 23.8 Å². The van der Waals surface area contributed by atoms with Gasteiger partial charge in [-0.15, -0.1) is 0 Å². The Labute approximate surface area is 115 Å². The van der Waals surface area contributed by atoms with Gasteiger partial charge in [0.2, 0.25) is 5.91 Å². The highest BCUT2D eigenvalue weighted by atomic mass is 19.4. The number of carbonyl (C=O) groups excluding carboxylic acids is 1. The van der Waals surface area contributed by atoms with Gasteiger partial charge in [0, 0.05) is 12.6 Å². The third-order valence-corrected chi connectivity index (χ3v) is 2.62. The van der Waals surface area contributed by atoms with Crippen molar-refractivity contribution in [3.05, 3.63) is 41.5 Å². The summed E-state index contributed by atoms with van der Waals surface area (Å²) in [5.74, 6) is -0.463. The van der Waals surface area contributed by atoms with Crippen LogP contribution in [0.1, 0.15) is 24.5 Å². The zero-order valence-corrected chi connectivity index (χ0v) is 10.9. The van der Waals surface area contributed by atoms with Crippen LogP contribution in [0.3, 0.4) is 0 Å². The van der Waals surface area contributed by atoms with E-state index in [0.717, 1.165) is 18.2 Å². The molecule has 1 unspecified atom stereocenters. The first-order valence-corrected chi connectivity index (χ1v) is 6.14. The molecule has 1 rings (SSSR count). The highest BCUT2D eigenvalue weighted by Gasteiger charge is 2.30. The van der Waals surface area contributed by atoms with E-state index in [0.29, 0.717) is 6.42 Å². The number of carbonyl (C=O) groups is 1. The van der Waals surface area contributed by atoms with Crippen molar-refractivity contribution in [1.29, 1.82) is 0 Å². The average molecular weight is 287 g/mol. The molecule has 1 aromatic carbocycles. The Morgan fingerprint density at radius 1 is 1.45 bits per heavy atom. The Morgan fingerprint density at radius 3 is 2.75 bits per heavy atom. The van der Waals surface area contributed by atoms with Crippen LogP contribution in [0, 0.1) is 0 Å². The van der Waals surface area contributed by atoms with Gasteiger partial charge in [0.1, 0.15) is 0 Å². The minimum atomic E-state index is -4.41. The second-order valence-corrected chi connectivity index (χ2v) is 4.26. The molecule has 0 saturated carbocycles. The molecule has 110 valence electrons. The lowest BCUT2D eigenvalue weighted by atomic mass is 10.1. The lowest BCUT2D eigenvalue weighted by Gasteiger charge is -2.08. The standard InChI is InChI=1S/C14H16F3NO2/c1-2-12(19)9-18-13(20)7-6-10-4-3-5-11(8-10)14(15,16)17/h3-8,12,19H,2,9H2,1H3,(H,18,20)/b7-6+.